The molecule has 2 aromatic rings. The molecule has 0 radical (unpaired) electrons. The van der Waals surface area contributed by atoms with Gasteiger partial charge in [0.05, 0.1) is 6.21 Å². The lowest BCUT2D eigenvalue weighted by molar-refractivity contribution is -0.139. The highest BCUT2D eigenvalue weighted by Gasteiger charge is 2.02. The van der Waals surface area contributed by atoms with Crippen molar-refractivity contribution in [1.82, 2.24) is 5.43 Å². The third-order valence-corrected chi connectivity index (χ3v) is 2.94. The van der Waals surface area contributed by atoms with E-state index >= 15 is 0 Å². The van der Waals surface area contributed by atoms with Crippen LogP contribution < -0.4 is 10.2 Å². The molecule has 23 heavy (non-hydrogen) atoms. The monoisotopic (exact) mass is 312 g/mol. The molecule has 0 bridgehead atoms. The van der Waals surface area contributed by atoms with Gasteiger partial charge in [0, 0.05) is 5.56 Å². The largest absolute Gasteiger partial charge is 0.482 e. The first-order valence-corrected chi connectivity index (χ1v) is 6.89. The Hall–Kier alpha value is -3.15. The minimum Gasteiger partial charge on any atom is -0.482 e. The number of carbonyl (C=O) groups excluding carboxylic acids is 1. The minimum absolute atomic E-state index is 0.289. The number of rotatable bonds is 6. The molecule has 0 aliphatic carbocycles. The van der Waals surface area contributed by atoms with E-state index in [1.54, 1.807) is 36.4 Å². The molecule has 0 fully saturated rings. The Morgan fingerprint density at radius 3 is 2.39 bits per heavy atom. The van der Waals surface area contributed by atoms with Gasteiger partial charge in [0.15, 0.2) is 6.61 Å². The highest BCUT2D eigenvalue weighted by Crippen LogP contribution is 2.10. The third-order valence-electron chi connectivity index (χ3n) is 2.94. The van der Waals surface area contributed by atoms with Crippen LogP contribution in [0, 0.1) is 6.92 Å². The lowest BCUT2D eigenvalue weighted by Crippen LogP contribution is -2.17. The number of amides is 1. The van der Waals surface area contributed by atoms with Gasteiger partial charge in [0.25, 0.3) is 5.91 Å². The smallest absolute Gasteiger partial charge is 0.341 e. The number of ether oxygens (including phenoxy) is 1. The predicted octanol–water partition coefficient (Wildman–Crippen LogP) is 2.22. The van der Waals surface area contributed by atoms with E-state index in [9.17, 15) is 9.59 Å². The van der Waals surface area contributed by atoms with E-state index in [1.165, 1.54) is 6.21 Å². The van der Waals surface area contributed by atoms with Crippen molar-refractivity contribution in [3.8, 4) is 5.75 Å². The fourth-order valence-electron chi connectivity index (χ4n) is 1.73. The minimum atomic E-state index is -1.03. The summed E-state index contributed by atoms with van der Waals surface area (Å²) in [5, 5.41) is 12.4. The Balaban J connectivity index is 1.88. The number of nitrogens with one attached hydrogen (secondary N) is 1. The number of carboxylic acids is 1. The molecule has 0 spiro atoms. The molecule has 2 N–H and O–H groups in total. The predicted molar refractivity (Wildman–Crippen MR) is 85.8 cm³/mol. The van der Waals surface area contributed by atoms with Crippen LogP contribution in [0.15, 0.2) is 53.6 Å². The standard InChI is InChI=1S/C17H16N2O4/c1-12-2-6-14(7-3-12)17(22)19-18-10-13-4-8-15(9-5-13)23-11-16(20)21/h2-10H,11H2,1H3,(H,19,22)(H,20,21)/b18-10-. The summed E-state index contributed by atoms with van der Waals surface area (Å²) in [6, 6.07) is 13.8. The van der Waals surface area contributed by atoms with Gasteiger partial charge < -0.3 is 9.84 Å². The van der Waals surface area contributed by atoms with E-state index in [0.717, 1.165) is 11.1 Å². The van der Waals surface area contributed by atoms with Crippen molar-refractivity contribution in [3.63, 3.8) is 0 Å². The second kappa shape index (κ2) is 7.74. The van der Waals surface area contributed by atoms with Gasteiger partial charge in [-0.15, -0.1) is 0 Å². The van der Waals surface area contributed by atoms with Crippen LogP contribution in [0.1, 0.15) is 21.5 Å². The molecule has 6 heteroatoms. The quantitative estimate of drug-likeness (QED) is 0.632. The molecule has 1 amide bonds. The second-order valence-electron chi connectivity index (χ2n) is 4.82. The fourth-order valence-corrected chi connectivity index (χ4v) is 1.73. The summed E-state index contributed by atoms with van der Waals surface area (Å²) in [6.07, 6.45) is 1.49. The van der Waals surface area contributed by atoms with Gasteiger partial charge in [-0.05, 0) is 48.9 Å². The Morgan fingerprint density at radius 2 is 1.78 bits per heavy atom. The fraction of sp³-hybridized carbons (Fsp3) is 0.118. The van der Waals surface area contributed by atoms with Crippen LogP contribution in [0.3, 0.4) is 0 Å². The van der Waals surface area contributed by atoms with E-state index in [1.807, 2.05) is 19.1 Å². The van der Waals surface area contributed by atoms with E-state index in [4.69, 9.17) is 9.84 Å². The number of nitrogens with zero attached hydrogens (tertiary/aromatic N) is 1. The lowest BCUT2D eigenvalue weighted by atomic mass is 10.1. The average Bonchev–Trinajstić information content (AvgIpc) is 2.54. The SMILES string of the molecule is Cc1ccc(C(=O)N/N=C\c2ccc(OCC(=O)O)cc2)cc1. The highest BCUT2D eigenvalue weighted by molar-refractivity contribution is 5.94. The second-order valence-corrected chi connectivity index (χ2v) is 4.82. The number of hydrogen-bond donors (Lipinski definition) is 2. The Kier molecular flexibility index (Phi) is 5.46. The van der Waals surface area contributed by atoms with Gasteiger partial charge >= 0.3 is 5.97 Å². The first kappa shape index (κ1) is 16.2. The molecule has 118 valence electrons. The summed E-state index contributed by atoms with van der Waals surface area (Å²) in [5.41, 5.74) is 4.80. The molecule has 2 aromatic carbocycles. The number of aliphatic carboxylic acids is 1. The summed E-state index contributed by atoms with van der Waals surface area (Å²) in [5.74, 6) is -0.870. The zero-order chi connectivity index (χ0) is 16.7. The molecule has 0 aromatic heterocycles. The summed E-state index contributed by atoms with van der Waals surface area (Å²) in [4.78, 5) is 22.2. The molecule has 2 rings (SSSR count). The average molecular weight is 312 g/mol. The zero-order valence-corrected chi connectivity index (χ0v) is 12.5. The summed E-state index contributed by atoms with van der Waals surface area (Å²) in [6.45, 7) is 1.56. The number of aryl methyl sites for hydroxylation is 1. The van der Waals surface area contributed by atoms with E-state index in [0.29, 0.717) is 11.3 Å². The Labute approximate surface area is 133 Å². The van der Waals surface area contributed by atoms with Gasteiger partial charge in [-0.2, -0.15) is 5.10 Å². The van der Waals surface area contributed by atoms with Crippen LogP contribution in [0.5, 0.6) is 5.75 Å². The first-order valence-electron chi connectivity index (χ1n) is 6.89. The Bertz CT molecular complexity index is 706. The van der Waals surface area contributed by atoms with Crippen LogP contribution in [-0.4, -0.2) is 29.8 Å². The highest BCUT2D eigenvalue weighted by atomic mass is 16.5. The van der Waals surface area contributed by atoms with Crippen molar-refractivity contribution in [2.75, 3.05) is 6.61 Å². The van der Waals surface area contributed by atoms with Gasteiger partial charge in [-0.25, -0.2) is 10.2 Å². The number of benzene rings is 2. The molecule has 0 aliphatic heterocycles. The van der Waals surface area contributed by atoms with Crippen molar-refractivity contribution < 1.29 is 19.4 Å². The van der Waals surface area contributed by atoms with Crippen LogP contribution in [-0.2, 0) is 4.79 Å². The normalized spacial score (nSPS) is 10.5. The van der Waals surface area contributed by atoms with Crippen LogP contribution >= 0.6 is 0 Å². The molecule has 0 saturated heterocycles. The Morgan fingerprint density at radius 1 is 1.13 bits per heavy atom. The molecule has 6 nitrogen and oxygen atoms in total. The van der Waals surface area contributed by atoms with Crippen LogP contribution in [0.4, 0.5) is 0 Å². The van der Waals surface area contributed by atoms with Gasteiger partial charge in [0.2, 0.25) is 0 Å². The first-order chi connectivity index (χ1) is 11.0. The summed E-state index contributed by atoms with van der Waals surface area (Å²) < 4.78 is 5.02. The molecule has 0 heterocycles. The van der Waals surface area contributed by atoms with E-state index in [2.05, 4.69) is 10.5 Å². The van der Waals surface area contributed by atoms with Crippen molar-refractivity contribution in [1.29, 1.82) is 0 Å². The van der Waals surface area contributed by atoms with E-state index < -0.39 is 5.97 Å². The molecule has 0 aliphatic rings. The molecule has 0 saturated carbocycles. The van der Waals surface area contributed by atoms with Crippen molar-refractivity contribution >= 4 is 18.1 Å². The van der Waals surface area contributed by atoms with Crippen molar-refractivity contribution in [2.45, 2.75) is 6.92 Å². The lowest BCUT2D eigenvalue weighted by Gasteiger charge is -2.03. The van der Waals surface area contributed by atoms with Gasteiger partial charge in [0.1, 0.15) is 5.75 Å². The van der Waals surface area contributed by atoms with Crippen LogP contribution in [0.2, 0.25) is 0 Å². The third kappa shape index (κ3) is 5.28. The molecular formula is C17H16N2O4. The number of hydrazone groups is 1. The maximum atomic E-state index is 11.8. The topological polar surface area (TPSA) is 88.0 Å². The molecule has 0 unspecified atom stereocenters. The van der Waals surface area contributed by atoms with Crippen LogP contribution in [0.25, 0.3) is 0 Å². The van der Waals surface area contributed by atoms with Gasteiger partial charge in [-0.3, -0.25) is 4.79 Å². The van der Waals surface area contributed by atoms with E-state index in [-0.39, 0.29) is 12.5 Å². The summed E-state index contributed by atoms with van der Waals surface area (Å²) >= 11 is 0. The molecular weight excluding hydrogens is 296 g/mol. The number of carboxylic acid groups (broad SMARTS) is 1. The van der Waals surface area contributed by atoms with Crippen molar-refractivity contribution in [2.24, 2.45) is 5.10 Å². The van der Waals surface area contributed by atoms with Gasteiger partial charge in [-0.1, -0.05) is 17.7 Å². The zero-order valence-electron chi connectivity index (χ0n) is 12.5. The number of hydrogen-bond acceptors (Lipinski definition) is 4. The summed E-state index contributed by atoms with van der Waals surface area (Å²) in [7, 11) is 0. The maximum Gasteiger partial charge on any atom is 0.341 e. The van der Waals surface area contributed by atoms with Crippen molar-refractivity contribution in [3.05, 3.63) is 65.2 Å². The molecule has 0 atom stereocenters. The number of carbonyl (C=O) groups is 2. The maximum absolute atomic E-state index is 11.8.